The number of azo groups is 1. The van der Waals surface area contributed by atoms with E-state index in [1.165, 1.54) is 26.4 Å². The molecule has 0 fully saturated rings. The van der Waals surface area contributed by atoms with Crippen molar-refractivity contribution in [3.05, 3.63) is 66.7 Å². The van der Waals surface area contributed by atoms with Crippen molar-refractivity contribution in [1.82, 2.24) is 0 Å². The zero-order valence-electron chi connectivity index (χ0n) is 19.8. The fourth-order valence-corrected chi connectivity index (χ4v) is 3.89. The second-order valence-electron chi connectivity index (χ2n) is 7.21. The van der Waals surface area contributed by atoms with Gasteiger partial charge in [0.1, 0.15) is 17.2 Å². The lowest BCUT2D eigenvalue weighted by Crippen LogP contribution is -2.22. The minimum absolute atomic E-state index is 0.0474. The first-order valence-corrected chi connectivity index (χ1v) is 13.2. The summed E-state index contributed by atoms with van der Waals surface area (Å²) in [5, 5.41) is 14.1. The van der Waals surface area contributed by atoms with Crippen LogP contribution in [0.25, 0.3) is 0 Å². The van der Waals surface area contributed by atoms with Crippen LogP contribution in [0, 0.1) is 0 Å². The molecule has 38 heavy (non-hydrogen) atoms. The SMILES string of the molecule is COc1ccc(S(=O)(=O)O)cc1N=N/C(=N/Nc1cc(S(=O)(=O)O)ccc1OC)C(=O)Nc1ccccc1. The molecule has 0 saturated heterocycles. The van der Waals surface area contributed by atoms with Gasteiger partial charge in [-0.15, -0.1) is 15.3 Å². The first kappa shape index (κ1) is 28.2. The predicted octanol–water partition coefficient (Wildman–Crippen LogP) is 3.35. The van der Waals surface area contributed by atoms with Crippen LogP contribution in [0.15, 0.2) is 91.9 Å². The van der Waals surface area contributed by atoms with Crippen molar-refractivity contribution in [2.75, 3.05) is 25.0 Å². The minimum atomic E-state index is -4.58. The van der Waals surface area contributed by atoms with E-state index in [2.05, 4.69) is 26.1 Å². The molecule has 0 bridgehead atoms. The van der Waals surface area contributed by atoms with E-state index in [1.54, 1.807) is 30.3 Å². The molecule has 0 aliphatic carbocycles. The normalized spacial score (nSPS) is 12.3. The number of ether oxygens (including phenoxy) is 2. The van der Waals surface area contributed by atoms with Crippen molar-refractivity contribution >= 4 is 49.0 Å². The number of hydrazone groups is 1. The third-order valence-electron chi connectivity index (χ3n) is 4.69. The van der Waals surface area contributed by atoms with Gasteiger partial charge in [-0.05, 0) is 48.5 Å². The molecule has 0 spiro atoms. The summed E-state index contributed by atoms with van der Waals surface area (Å²) in [5.41, 5.74) is 2.63. The highest BCUT2D eigenvalue weighted by molar-refractivity contribution is 7.86. The number of rotatable bonds is 8. The molecule has 0 heterocycles. The molecule has 0 aromatic heterocycles. The van der Waals surface area contributed by atoms with E-state index < -0.39 is 41.8 Å². The number of nitrogens with one attached hydrogen (secondary N) is 2. The number of hydrogen-bond acceptors (Lipinski definition) is 10. The van der Waals surface area contributed by atoms with E-state index in [4.69, 9.17) is 9.47 Å². The number of benzene rings is 3. The van der Waals surface area contributed by atoms with Crippen LogP contribution in [-0.4, -0.2) is 51.9 Å². The summed E-state index contributed by atoms with van der Waals surface area (Å²) >= 11 is 0. The Morgan fingerprint density at radius 3 is 1.97 bits per heavy atom. The molecule has 16 heteroatoms. The molecule has 3 aromatic rings. The minimum Gasteiger partial charge on any atom is -0.495 e. The third-order valence-corrected chi connectivity index (χ3v) is 6.39. The molecule has 0 aliphatic heterocycles. The van der Waals surface area contributed by atoms with Gasteiger partial charge in [-0.1, -0.05) is 18.2 Å². The maximum Gasteiger partial charge on any atom is 0.297 e. The summed E-state index contributed by atoms with van der Waals surface area (Å²) in [4.78, 5) is 12.0. The highest BCUT2D eigenvalue weighted by Crippen LogP contribution is 2.31. The summed E-state index contributed by atoms with van der Waals surface area (Å²) in [7, 11) is -6.56. The first-order chi connectivity index (χ1) is 17.9. The molecule has 0 atom stereocenters. The van der Waals surface area contributed by atoms with E-state index >= 15 is 0 Å². The second-order valence-corrected chi connectivity index (χ2v) is 10.1. The Morgan fingerprint density at radius 1 is 0.816 bits per heavy atom. The summed E-state index contributed by atoms with van der Waals surface area (Å²) in [6.45, 7) is 0. The van der Waals surface area contributed by atoms with Crippen molar-refractivity contribution in [1.29, 1.82) is 0 Å². The maximum absolute atomic E-state index is 12.9. The number of amidine groups is 1. The van der Waals surface area contributed by atoms with Gasteiger partial charge in [-0.3, -0.25) is 19.3 Å². The summed E-state index contributed by atoms with van der Waals surface area (Å²) in [6, 6.07) is 14.9. The van der Waals surface area contributed by atoms with Gasteiger partial charge in [-0.25, -0.2) is 0 Å². The summed E-state index contributed by atoms with van der Waals surface area (Å²) in [6.07, 6.45) is 0. The fourth-order valence-electron chi connectivity index (χ4n) is 2.88. The summed E-state index contributed by atoms with van der Waals surface area (Å²) < 4.78 is 75.1. The van der Waals surface area contributed by atoms with E-state index in [0.29, 0.717) is 5.69 Å². The van der Waals surface area contributed by atoms with E-state index in [1.807, 2.05) is 0 Å². The zero-order chi connectivity index (χ0) is 27.9. The highest BCUT2D eigenvalue weighted by Gasteiger charge is 2.17. The molecule has 3 rings (SSSR count). The van der Waals surface area contributed by atoms with Gasteiger partial charge >= 0.3 is 0 Å². The average molecular weight is 564 g/mol. The van der Waals surface area contributed by atoms with Gasteiger partial charge in [0.25, 0.3) is 32.0 Å². The monoisotopic (exact) mass is 563 g/mol. The number of nitrogens with zero attached hydrogens (tertiary/aromatic N) is 3. The molecular weight excluding hydrogens is 542 g/mol. The largest absolute Gasteiger partial charge is 0.495 e. The number of carbonyl (C=O) groups excluding carboxylic acids is 1. The fraction of sp³-hybridized carbons (Fsp3) is 0.0909. The van der Waals surface area contributed by atoms with Crippen molar-refractivity contribution in [2.24, 2.45) is 15.3 Å². The van der Waals surface area contributed by atoms with Crippen molar-refractivity contribution in [3.8, 4) is 11.5 Å². The highest BCUT2D eigenvalue weighted by atomic mass is 32.2. The summed E-state index contributed by atoms with van der Waals surface area (Å²) in [5.74, 6) is -1.27. The quantitative estimate of drug-likeness (QED) is 0.103. The van der Waals surface area contributed by atoms with Gasteiger partial charge in [-0.2, -0.15) is 16.8 Å². The van der Waals surface area contributed by atoms with Crippen LogP contribution in [0.5, 0.6) is 11.5 Å². The number of carbonyl (C=O) groups is 1. The molecule has 3 aromatic carbocycles. The Kier molecular flexibility index (Phi) is 8.74. The number of hydrogen-bond donors (Lipinski definition) is 4. The van der Waals surface area contributed by atoms with Crippen molar-refractivity contribution < 1.29 is 40.2 Å². The Hall–Kier alpha value is -4.38. The van der Waals surface area contributed by atoms with Gasteiger partial charge in [0.15, 0.2) is 0 Å². The van der Waals surface area contributed by atoms with Crippen LogP contribution in [0.2, 0.25) is 0 Å². The Bertz CT molecular complexity index is 1610. The van der Waals surface area contributed by atoms with E-state index in [0.717, 1.165) is 24.3 Å². The van der Waals surface area contributed by atoms with Crippen LogP contribution in [0.1, 0.15) is 0 Å². The number of para-hydroxylation sites is 1. The molecule has 200 valence electrons. The Balaban J connectivity index is 2.05. The second kappa shape index (κ2) is 11.8. The smallest absolute Gasteiger partial charge is 0.297 e. The molecule has 0 radical (unpaired) electrons. The molecule has 0 saturated carbocycles. The number of methoxy groups -OCH3 is 2. The van der Waals surface area contributed by atoms with Crippen LogP contribution >= 0.6 is 0 Å². The van der Waals surface area contributed by atoms with Gasteiger partial charge in [0, 0.05) is 5.69 Å². The molecule has 0 unspecified atom stereocenters. The Labute approximate surface area is 217 Å². The topological polar surface area (TPSA) is 205 Å². The van der Waals surface area contributed by atoms with Gasteiger partial charge in [0.2, 0.25) is 0 Å². The number of anilines is 2. The van der Waals surface area contributed by atoms with Crippen molar-refractivity contribution in [3.63, 3.8) is 0 Å². The van der Waals surface area contributed by atoms with Gasteiger partial charge < -0.3 is 14.8 Å². The molecule has 1 amide bonds. The Morgan fingerprint density at radius 2 is 1.39 bits per heavy atom. The van der Waals surface area contributed by atoms with Crippen LogP contribution in [0.3, 0.4) is 0 Å². The average Bonchev–Trinajstić information content (AvgIpc) is 2.87. The molecular formula is C22H21N5O9S2. The van der Waals surface area contributed by atoms with Gasteiger partial charge in [0.05, 0.1) is 29.7 Å². The molecule has 0 aliphatic rings. The van der Waals surface area contributed by atoms with Crippen LogP contribution in [-0.2, 0) is 25.0 Å². The first-order valence-electron chi connectivity index (χ1n) is 10.4. The maximum atomic E-state index is 12.9. The third kappa shape index (κ3) is 7.32. The van der Waals surface area contributed by atoms with Crippen LogP contribution < -0.4 is 20.2 Å². The lowest BCUT2D eigenvalue weighted by molar-refractivity contribution is -0.110. The molecule has 14 nitrogen and oxygen atoms in total. The number of amides is 1. The lowest BCUT2D eigenvalue weighted by Gasteiger charge is -2.10. The lowest BCUT2D eigenvalue weighted by atomic mass is 10.3. The predicted molar refractivity (Wildman–Crippen MR) is 136 cm³/mol. The standard InChI is InChI=1S/C22H21N5O9S2/c1-35-19-10-8-15(37(29,30)31)12-17(19)24-26-21(22(28)23-14-6-4-3-5-7-14)27-25-18-13-16(38(32,33)34)9-11-20(18)36-2/h3-13,24H,1-2H3,(H,23,28)(H,29,30,31)(H,32,33,34)/b26-21+,27-25?. The zero-order valence-corrected chi connectivity index (χ0v) is 21.4. The molecule has 4 N–H and O–H groups in total. The van der Waals surface area contributed by atoms with E-state index in [9.17, 15) is 30.7 Å². The van der Waals surface area contributed by atoms with E-state index in [-0.39, 0.29) is 22.9 Å². The van der Waals surface area contributed by atoms with Crippen LogP contribution in [0.4, 0.5) is 17.1 Å². The van der Waals surface area contributed by atoms with Crippen molar-refractivity contribution in [2.45, 2.75) is 9.79 Å².